The van der Waals surface area contributed by atoms with Crippen molar-refractivity contribution in [3.8, 4) is 0 Å². The average Bonchev–Trinajstić information content (AvgIpc) is 2.15. The van der Waals surface area contributed by atoms with Crippen LogP contribution in [0.15, 0.2) is 4.99 Å². The maximum absolute atomic E-state index is 5.89. The van der Waals surface area contributed by atoms with Gasteiger partial charge in [0, 0.05) is 26.2 Å². The molecule has 2 rings (SSSR count). The third-order valence-corrected chi connectivity index (χ3v) is 3.71. The largest absolute Gasteiger partial charge is 0.370 e. The minimum Gasteiger partial charge on any atom is -0.370 e. The Morgan fingerprint density at radius 3 is 2.75 bits per heavy atom. The van der Waals surface area contributed by atoms with Crippen LogP contribution in [0.1, 0.15) is 25.7 Å². The van der Waals surface area contributed by atoms with E-state index in [-0.39, 0.29) is 0 Å². The molecule has 16 heavy (non-hydrogen) atoms. The van der Waals surface area contributed by atoms with Gasteiger partial charge >= 0.3 is 0 Å². The number of rotatable bonds is 3. The van der Waals surface area contributed by atoms with Crippen molar-refractivity contribution in [2.45, 2.75) is 25.7 Å². The lowest BCUT2D eigenvalue weighted by Crippen LogP contribution is -2.46. The lowest BCUT2D eigenvalue weighted by Gasteiger charge is -2.32. The van der Waals surface area contributed by atoms with Crippen LogP contribution in [0.4, 0.5) is 0 Å². The molecular formula is C12H24N4. The summed E-state index contributed by atoms with van der Waals surface area (Å²) >= 11 is 0. The van der Waals surface area contributed by atoms with E-state index in [9.17, 15) is 0 Å². The van der Waals surface area contributed by atoms with Crippen LogP contribution in [-0.2, 0) is 0 Å². The van der Waals surface area contributed by atoms with Gasteiger partial charge in [0.15, 0.2) is 5.96 Å². The number of piperidine rings is 1. The van der Waals surface area contributed by atoms with E-state index in [0.29, 0.717) is 0 Å². The van der Waals surface area contributed by atoms with E-state index in [1.807, 2.05) is 0 Å². The van der Waals surface area contributed by atoms with E-state index in [4.69, 9.17) is 5.73 Å². The second kappa shape index (κ2) is 5.53. The van der Waals surface area contributed by atoms with E-state index < -0.39 is 0 Å². The van der Waals surface area contributed by atoms with Crippen LogP contribution in [0.2, 0.25) is 0 Å². The number of hydrogen-bond acceptors (Lipinski definition) is 2. The van der Waals surface area contributed by atoms with Crippen molar-refractivity contribution in [1.82, 2.24) is 9.80 Å². The Kier molecular flexibility index (Phi) is 4.04. The highest BCUT2D eigenvalue weighted by Crippen LogP contribution is 2.18. The molecule has 0 aliphatic carbocycles. The van der Waals surface area contributed by atoms with Gasteiger partial charge in [0.25, 0.3) is 0 Å². The highest BCUT2D eigenvalue weighted by Gasteiger charge is 2.18. The van der Waals surface area contributed by atoms with E-state index in [2.05, 4.69) is 21.8 Å². The molecule has 2 aliphatic heterocycles. The minimum atomic E-state index is 0.760. The van der Waals surface area contributed by atoms with Gasteiger partial charge < -0.3 is 15.5 Å². The smallest absolute Gasteiger partial charge is 0.191 e. The first-order chi connectivity index (χ1) is 7.75. The summed E-state index contributed by atoms with van der Waals surface area (Å²) in [5.41, 5.74) is 5.89. The molecule has 1 atom stereocenters. The molecule has 1 unspecified atom stereocenters. The van der Waals surface area contributed by atoms with Crippen LogP contribution in [0.25, 0.3) is 0 Å². The number of aliphatic imine (C=N–C) groups is 1. The Morgan fingerprint density at radius 2 is 2.12 bits per heavy atom. The maximum Gasteiger partial charge on any atom is 0.191 e. The Hall–Kier alpha value is -0.770. The second-order valence-corrected chi connectivity index (χ2v) is 5.14. The molecule has 0 saturated carbocycles. The summed E-state index contributed by atoms with van der Waals surface area (Å²) in [6, 6.07) is 0. The zero-order valence-electron chi connectivity index (χ0n) is 10.4. The SMILES string of the molecule is CN1CCCC(CCN=C(N)N2CCC2)C1. The van der Waals surface area contributed by atoms with Crippen LogP contribution in [-0.4, -0.2) is 55.5 Å². The van der Waals surface area contributed by atoms with Crippen molar-refractivity contribution in [3.05, 3.63) is 0 Å². The summed E-state index contributed by atoms with van der Waals surface area (Å²) < 4.78 is 0. The normalized spacial score (nSPS) is 27.9. The molecule has 0 amide bonds. The number of hydrogen-bond donors (Lipinski definition) is 1. The molecule has 2 fully saturated rings. The minimum absolute atomic E-state index is 0.760. The number of guanidine groups is 1. The Bertz CT molecular complexity index is 247. The molecule has 4 heteroatoms. The topological polar surface area (TPSA) is 44.9 Å². The first-order valence-corrected chi connectivity index (χ1v) is 6.49. The summed E-state index contributed by atoms with van der Waals surface area (Å²) in [7, 11) is 2.21. The first-order valence-electron chi connectivity index (χ1n) is 6.49. The van der Waals surface area contributed by atoms with Crippen LogP contribution in [0.3, 0.4) is 0 Å². The van der Waals surface area contributed by atoms with Gasteiger partial charge in [-0.3, -0.25) is 4.99 Å². The van der Waals surface area contributed by atoms with E-state index >= 15 is 0 Å². The molecule has 4 nitrogen and oxygen atoms in total. The predicted octanol–water partition coefficient (Wildman–Crippen LogP) is 0.739. The first kappa shape index (κ1) is 11.7. The molecule has 2 saturated heterocycles. The fraction of sp³-hybridized carbons (Fsp3) is 0.917. The monoisotopic (exact) mass is 224 g/mol. The van der Waals surface area contributed by atoms with Crippen molar-refractivity contribution >= 4 is 5.96 Å². The second-order valence-electron chi connectivity index (χ2n) is 5.14. The summed E-state index contributed by atoms with van der Waals surface area (Å²) in [5.74, 6) is 1.59. The summed E-state index contributed by atoms with van der Waals surface area (Å²) in [5, 5.41) is 0. The van der Waals surface area contributed by atoms with Gasteiger partial charge in [-0.05, 0) is 45.2 Å². The van der Waals surface area contributed by atoms with Crippen LogP contribution in [0.5, 0.6) is 0 Å². The molecule has 2 aliphatic rings. The molecule has 2 heterocycles. The third-order valence-electron chi connectivity index (χ3n) is 3.71. The zero-order valence-corrected chi connectivity index (χ0v) is 10.4. The van der Waals surface area contributed by atoms with Gasteiger partial charge in [0.05, 0.1) is 0 Å². The molecule has 0 aromatic carbocycles. The van der Waals surface area contributed by atoms with Gasteiger partial charge in [-0.15, -0.1) is 0 Å². The highest BCUT2D eigenvalue weighted by atomic mass is 15.3. The van der Waals surface area contributed by atoms with E-state index in [1.165, 1.54) is 38.8 Å². The number of nitrogens with zero attached hydrogens (tertiary/aromatic N) is 3. The fourth-order valence-corrected chi connectivity index (χ4v) is 2.52. The summed E-state index contributed by atoms with van der Waals surface area (Å²) in [6.45, 7) is 5.60. The molecule has 0 radical (unpaired) electrons. The summed E-state index contributed by atoms with van der Waals surface area (Å²) in [4.78, 5) is 9.05. The molecule has 0 aromatic heterocycles. The highest BCUT2D eigenvalue weighted by molar-refractivity contribution is 5.78. The lowest BCUT2D eigenvalue weighted by molar-refractivity contribution is 0.204. The van der Waals surface area contributed by atoms with Crippen molar-refractivity contribution in [2.75, 3.05) is 39.8 Å². The van der Waals surface area contributed by atoms with Gasteiger partial charge in [-0.2, -0.15) is 0 Å². The van der Waals surface area contributed by atoms with E-state index in [0.717, 1.165) is 31.5 Å². The van der Waals surface area contributed by atoms with Crippen molar-refractivity contribution < 1.29 is 0 Å². The maximum atomic E-state index is 5.89. The van der Waals surface area contributed by atoms with Crippen LogP contribution in [0, 0.1) is 5.92 Å². The van der Waals surface area contributed by atoms with Crippen LogP contribution >= 0.6 is 0 Å². The molecule has 92 valence electrons. The Balaban J connectivity index is 1.66. The van der Waals surface area contributed by atoms with E-state index in [1.54, 1.807) is 0 Å². The lowest BCUT2D eigenvalue weighted by atomic mass is 9.95. The molecule has 0 spiro atoms. The Morgan fingerprint density at radius 1 is 1.31 bits per heavy atom. The van der Waals surface area contributed by atoms with Gasteiger partial charge in [0.2, 0.25) is 0 Å². The van der Waals surface area contributed by atoms with Crippen molar-refractivity contribution in [1.29, 1.82) is 0 Å². The van der Waals surface area contributed by atoms with Crippen molar-refractivity contribution in [3.63, 3.8) is 0 Å². The molecular weight excluding hydrogens is 200 g/mol. The average molecular weight is 224 g/mol. The Labute approximate surface area is 98.5 Å². The predicted molar refractivity (Wildman–Crippen MR) is 67.5 cm³/mol. The van der Waals surface area contributed by atoms with Gasteiger partial charge in [-0.25, -0.2) is 0 Å². The van der Waals surface area contributed by atoms with Crippen molar-refractivity contribution in [2.24, 2.45) is 16.6 Å². The summed E-state index contributed by atoms with van der Waals surface area (Å²) in [6.07, 6.45) is 5.17. The van der Waals surface area contributed by atoms with Gasteiger partial charge in [-0.1, -0.05) is 0 Å². The fourth-order valence-electron chi connectivity index (χ4n) is 2.52. The zero-order chi connectivity index (χ0) is 11.4. The molecule has 2 N–H and O–H groups in total. The van der Waals surface area contributed by atoms with Gasteiger partial charge in [0.1, 0.15) is 0 Å². The van der Waals surface area contributed by atoms with Crippen LogP contribution < -0.4 is 5.73 Å². The molecule has 0 aromatic rings. The molecule has 0 bridgehead atoms. The standard InChI is InChI=1S/C12H24N4/c1-15-7-2-4-11(10-15)5-6-14-12(13)16-8-3-9-16/h11H,2-10H2,1H3,(H2,13,14). The number of nitrogens with two attached hydrogens (primary N) is 1. The number of likely N-dealkylation sites (tertiary alicyclic amines) is 2. The third kappa shape index (κ3) is 3.11. The quantitative estimate of drug-likeness (QED) is 0.568.